The number of thiocarbonyl (C=S) groups is 1. The Morgan fingerprint density at radius 2 is 1.84 bits per heavy atom. The number of nitrogens with one attached hydrogen (secondary N) is 2. The average molecular weight is 546 g/mol. The van der Waals surface area contributed by atoms with Crippen molar-refractivity contribution in [3.8, 4) is 5.69 Å². The van der Waals surface area contributed by atoms with E-state index in [-0.39, 0.29) is 24.6 Å². The maximum Gasteiger partial charge on any atom is 0.250 e. The smallest absolute Gasteiger partial charge is 0.250 e. The van der Waals surface area contributed by atoms with Crippen LogP contribution in [0.2, 0.25) is 5.02 Å². The van der Waals surface area contributed by atoms with Crippen LogP contribution >= 0.6 is 23.8 Å². The number of carbonyl (C=O) groups is 1. The lowest BCUT2D eigenvalue weighted by Crippen LogP contribution is -2.29. The van der Waals surface area contributed by atoms with Crippen LogP contribution in [0.1, 0.15) is 34.7 Å². The molecule has 0 saturated carbocycles. The van der Waals surface area contributed by atoms with E-state index in [1.807, 2.05) is 48.5 Å². The van der Waals surface area contributed by atoms with Crippen molar-refractivity contribution in [2.45, 2.75) is 25.9 Å². The summed E-state index contributed by atoms with van der Waals surface area (Å²) in [7, 11) is 1.47. The van der Waals surface area contributed by atoms with Gasteiger partial charge in [-0.1, -0.05) is 35.9 Å². The van der Waals surface area contributed by atoms with Crippen molar-refractivity contribution < 1.29 is 9.53 Å². The number of methoxy groups -OCH3 is 1. The molecule has 0 unspecified atom stereocenters. The van der Waals surface area contributed by atoms with Crippen molar-refractivity contribution in [1.29, 1.82) is 0 Å². The molecule has 2 aromatic carbocycles. The number of aryl methyl sites for hydroxylation is 1. The molecule has 1 amide bonds. The third kappa shape index (κ3) is 4.90. The molecule has 38 heavy (non-hydrogen) atoms. The second-order valence-electron chi connectivity index (χ2n) is 9.14. The first-order chi connectivity index (χ1) is 18.4. The van der Waals surface area contributed by atoms with Gasteiger partial charge in [-0.05, 0) is 80.2 Å². The molecule has 4 aromatic rings. The van der Waals surface area contributed by atoms with Crippen LogP contribution in [0.25, 0.3) is 5.69 Å². The van der Waals surface area contributed by atoms with Crippen LogP contribution < -0.4 is 15.5 Å². The predicted molar refractivity (Wildman–Crippen MR) is 155 cm³/mol. The van der Waals surface area contributed by atoms with Crippen molar-refractivity contribution in [3.63, 3.8) is 0 Å². The van der Waals surface area contributed by atoms with Crippen molar-refractivity contribution in [2.75, 3.05) is 23.9 Å². The van der Waals surface area contributed by atoms with Crippen molar-refractivity contribution in [1.82, 2.24) is 14.9 Å². The Morgan fingerprint density at radius 3 is 2.53 bits per heavy atom. The van der Waals surface area contributed by atoms with E-state index in [1.165, 1.54) is 7.11 Å². The Balaban J connectivity index is 1.60. The lowest BCUT2D eigenvalue weighted by Gasteiger charge is -2.28. The highest BCUT2D eigenvalue weighted by Crippen LogP contribution is 2.44. The summed E-state index contributed by atoms with van der Waals surface area (Å²) in [6, 6.07) is 23.5. The van der Waals surface area contributed by atoms with E-state index in [0.29, 0.717) is 15.8 Å². The Kier molecular flexibility index (Phi) is 7.46. The number of hydrogen-bond donors (Lipinski definition) is 2. The molecule has 0 bridgehead atoms. The van der Waals surface area contributed by atoms with Crippen LogP contribution in [0.15, 0.2) is 79.0 Å². The van der Waals surface area contributed by atoms with Crippen LogP contribution in [0, 0.1) is 13.8 Å². The van der Waals surface area contributed by atoms with E-state index in [9.17, 15) is 4.79 Å². The lowest BCUT2D eigenvalue weighted by atomic mass is 9.96. The Labute approximate surface area is 232 Å². The monoisotopic (exact) mass is 545 g/mol. The minimum Gasteiger partial charge on any atom is -0.375 e. The van der Waals surface area contributed by atoms with Gasteiger partial charge in [-0.2, -0.15) is 0 Å². The van der Waals surface area contributed by atoms with Crippen LogP contribution in [-0.2, 0) is 9.53 Å². The standard InChI is InChI=1S/C29H28ClN5O2S/c1-18-15-22(19(2)34(18)20-9-5-4-6-10-20)28-27(25-11-7-8-14-31-25)33-29(38)35(28)21-12-13-24(23(30)16-21)32-26(36)17-37-3/h4-16,27-28H,17H2,1-3H3,(H,32,36)(H,33,38)/t27-,28+/m0/s1. The van der Waals surface area contributed by atoms with E-state index in [2.05, 4.69) is 57.1 Å². The van der Waals surface area contributed by atoms with E-state index < -0.39 is 0 Å². The molecule has 1 saturated heterocycles. The number of anilines is 2. The van der Waals surface area contributed by atoms with Gasteiger partial charge in [0.25, 0.3) is 0 Å². The summed E-state index contributed by atoms with van der Waals surface area (Å²) in [4.78, 5) is 18.8. The number of para-hydroxylation sites is 1. The summed E-state index contributed by atoms with van der Waals surface area (Å²) in [5.41, 5.74) is 6.67. The highest BCUT2D eigenvalue weighted by molar-refractivity contribution is 7.80. The second-order valence-corrected chi connectivity index (χ2v) is 9.93. The van der Waals surface area contributed by atoms with Crippen molar-refractivity contribution >= 4 is 46.2 Å². The van der Waals surface area contributed by atoms with E-state index in [4.69, 9.17) is 28.6 Å². The van der Waals surface area contributed by atoms with Crippen molar-refractivity contribution in [3.05, 3.63) is 107 Å². The summed E-state index contributed by atoms with van der Waals surface area (Å²) in [6.07, 6.45) is 1.79. The fraction of sp³-hybridized carbons (Fsp3) is 0.207. The number of amides is 1. The molecule has 2 aromatic heterocycles. The van der Waals surface area contributed by atoms with E-state index in [0.717, 1.165) is 34.0 Å². The third-order valence-corrected chi connectivity index (χ3v) is 7.31. The normalized spacial score (nSPS) is 16.9. The van der Waals surface area contributed by atoms with Crippen LogP contribution in [0.5, 0.6) is 0 Å². The molecule has 0 aliphatic carbocycles. The number of halogens is 1. The zero-order valence-electron chi connectivity index (χ0n) is 21.3. The summed E-state index contributed by atoms with van der Waals surface area (Å²) in [6.45, 7) is 4.19. The molecular formula is C29H28ClN5O2S. The SMILES string of the molecule is COCC(=O)Nc1ccc(N2C(=S)N[C@@H](c3ccccn3)[C@H]2c2cc(C)n(-c3ccccc3)c2C)cc1Cl. The Bertz CT molecular complexity index is 1480. The van der Waals surface area contributed by atoms with Gasteiger partial charge in [0, 0.05) is 36.1 Å². The molecule has 1 fully saturated rings. The first-order valence-electron chi connectivity index (χ1n) is 12.2. The largest absolute Gasteiger partial charge is 0.375 e. The van der Waals surface area contributed by atoms with Gasteiger partial charge in [-0.15, -0.1) is 0 Å². The molecular weight excluding hydrogens is 518 g/mol. The minimum absolute atomic E-state index is 0.0525. The molecule has 3 heterocycles. The first-order valence-corrected chi connectivity index (χ1v) is 13.0. The second kappa shape index (κ2) is 10.9. The lowest BCUT2D eigenvalue weighted by molar-refractivity contribution is -0.119. The van der Waals surface area contributed by atoms with Gasteiger partial charge in [0.05, 0.1) is 28.5 Å². The van der Waals surface area contributed by atoms with Gasteiger partial charge in [0.1, 0.15) is 6.61 Å². The number of rotatable bonds is 7. The van der Waals surface area contributed by atoms with Gasteiger partial charge in [0.2, 0.25) is 5.91 Å². The molecule has 2 atom stereocenters. The highest BCUT2D eigenvalue weighted by atomic mass is 35.5. The fourth-order valence-corrected chi connectivity index (χ4v) is 5.65. The number of benzene rings is 2. The topological polar surface area (TPSA) is 71.4 Å². The van der Waals surface area contributed by atoms with E-state index >= 15 is 0 Å². The Hall–Kier alpha value is -3.72. The molecule has 1 aliphatic rings. The molecule has 2 N–H and O–H groups in total. The molecule has 5 rings (SSSR count). The zero-order chi connectivity index (χ0) is 26.8. The van der Waals surface area contributed by atoms with Crippen LogP contribution in [-0.4, -0.2) is 34.3 Å². The summed E-state index contributed by atoms with van der Waals surface area (Å²) >= 11 is 12.5. The minimum atomic E-state index is -0.276. The van der Waals surface area contributed by atoms with Gasteiger partial charge in [-0.25, -0.2) is 0 Å². The Morgan fingerprint density at radius 1 is 1.08 bits per heavy atom. The zero-order valence-corrected chi connectivity index (χ0v) is 22.9. The van der Waals surface area contributed by atoms with Crippen LogP contribution in [0.3, 0.4) is 0 Å². The number of hydrogen-bond acceptors (Lipinski definition) is 4. The number of pyridine rings is 1. The van der Waals surface area contributed by atoms with Crippen molar-refractivity contribution in [2.24, 2.45) is 0 Å². The first kappa shape index (κ1) is 25.9. The average Bonchev–Trinajstić information content (AvgIpc) is 3.41. The molecule has 0 radical (unpaired) electrons. The summed E-state index contributed by atoms with van der Waals surface area (Å²) in [5.74, 6) is -0.276. The number of ether oxygens (including phenoxy) is 1. The van der Waals surface area contributed by atoms with E-state index in [1.54, 1.807) is 12.3 Å². The van der Waals surface area contributed by atoms with Gasteiger partial charge < -0.3 is 24.8 Å². The molecule has 194 valence electrons. The third-order valence-electron chi connectivity index (χ3n) is 6.68. The number of nitrogens with zero attached hydrogens (tertiary/aromatic N) is 3. The summed E-state index contributed by atoms with van der Waals surface area (Å²) < 4.78 is 7.17. The quantitative estimate of drug-likeness (QED) is 0.282. The number of carbonyl (C=O) groups excluding carboxylic acids is 1. The predicted octanol–water partition coefficient (Wildman–Crippen LogP) is 5.90. The maximum absolute atomic E-state index is 12.0. The maximum atomic E-state index is 12.0. The fourth-order valence-electron chi connectivity index (χ4n) is 5.08. The molecule has 9 heteroatoms. The summed E-state index contributed by atoms with van der Waals surface area (Å²) in [5, 5.41) is 7.26. The van der Waals surface area contributed by atoms with Crippen LogP contribution in [0.4, 0.5) is 11.4 Å². The molecule has 1 aliphatic heterocycles. The highest BCUT2D eigenvalue weighted by Gasteiger charge is 2.42. The van der Waals surface area contributed by atoms with Gasteiger partial charge in [-0.3, -0.25) is 9.78 Å². The van der Waals surface area contributed by atoms with Gasteiger partial charge >= 0.3 is 0 Å². The molecule has 0 spiro atoms. The number of aromatic nitrogens is 2. The van der Waals surface area contributed by atoms with Gasteiger partial charge in [0.15, 0.2) is 5.11 Å². The molecule has 7 nitrogen and oxygen atoms in total.